The molecule has 5 nitrogen and oxygen atoms in total. The average Bonchev–Trinajstić information content (AvgIpc) is 3.59. The molecule has 5 aromatic carbocycles. The van der Waals surface area contributed by atoms with E-state index in [0.29, 0.717) is 11.8 Å². The Morgan fingerprint density at radius 3 is 1.88 bits per heavy atom. The number of para-hydroxylation sites is 4. The van der Waals surface area contributed by atoms with Gasteiger partial charge in [0.1, 0.15) is 0 Å². The van der Waals surface area contributed by atoms with Gasteiger partial charge in [-0.2, -0.15) is 0 Å². The minimum atomic E-state index is 0.384. The first kappa shape index (κ1) is 30.3. The van der Waals surface area contributed by atoms with Gasteiger partial charge in [0.25, 0.3) is 0 Å². The van der Waals surface area contributed by atoms with Gasteiger partial charge in [0.15, 0.2) is 0 Å². The summed E-state index contributed by atoms with van der Waals surface area (Å²) >= 11 is 2.50. The summed E-state index contributed by atoms with van der Waals surface area (Å²) in [6, 6.07) is 44.7. The summed E-state index contributed by atoms with van der Waals surface area (Å²) in [6.45, 7) is 9.13. The SMILES string of the molecule is CC(C)c1cccc(C(C)C)c1-n1[c](=[Pt])n(-c2cccc(Oc3ccc4c5ccccc5n(-c5ccccn5)c4c3)c2)c2ccccc21. The maximum atomic E-state index is 6.62. The van der Waals surface area contributed by atoms with Gasteiger partial charge in [-0.1, -0.05) is 18.2 Å². The molecule has 0 aliphatic carbocycles. The fourth-order valence-electron chi connectivity index (χ4n) is 6.91. The Hall–Kier alpha value is -4.99. The summed E-state index contributed by atoms with van der Waals surface area (Å²) in [5.41, 5.74) is 9.53. The second-order valence-corrected chi connectivity index (χ2v) is 13.8. The van der Waals surface area contributed by atoms with E-state index in [1.54, 1.807) is 0 Å². The van der Waals surface area contributed by atoms with Crippen LogP contribution < -0.4 is 4.74 Å². The van der Waals surface area contributed by atoms with E-state index in [-0.39, 0.29) is 0 Å². The van der Waals surface area contributed by atoms with E-state index >= 15 is 0 Å². The summed E-state index contributed by atoms with van der Waals surface area (Å²) in [6.07, 6.45) is 1.84. The molecule has 0 radical (unpaired) electrons. The predicted octanol–water partition coefficient (Wildman–Crippen LogP) is 11.0. The summed E-state index contributed by atoms with van der Waals surface area (Å²) in [5.74, 6) is 3.20. The van der Waals surface area contributed by atoms with E-state index in [9.17, 15) is 0 Å². The van der Waals surface area contributed by atoms with Crippen LogP contribution in [-0.2, 0) is 19.4 Å². The molecule has 0 aliphatic rings. The summed E-state index contributed by atoms with van der Waals surface area (Å²) < 4.78 is 14.7. The van der Waals surface area contributed by atoms with Gasteiger partial charge in [-0.3, -0.25) is 0 Å². The van der Waals surface area contributed by atoms with E-state index in [1.807, 2.05) is 30.5 Å². The molecule has 0 aliphatic heterocycles. The summed E-state index contributed by atoms with van der Waals surface area (Å²) in [4.78, 5) is 4.68. The van der Waals surface area contributed by atoms with Gasteiger partial charge >= 0.3 is 262 Å². The number of benzene rings is 5. The van der Waals surface area contributed by atoms with Crippen molar-refractivity contribution in [3.05, 3.63) is 149 Å². The van der Waals surface area contributed by atoms with Crippen LogP contribution in [-0.4, -0.2) is 18.7 Å². The second-order valence-electron chi connectivity index (χ2n) is 12.8. The van der Waals surface area contributed by atoms with E-state index < -0.39 is 0 Å². The fraction of sp³-hybridized carbons (Fsp3) is 0.143. The molecule has 240 valence electrons. The number of fused-ring (bicyclic) bond motifs is 4. The molecule has 0 saturated carbocycles. The molecule has 0 saturated heterocycles. The molecule has 6 heteroatoms. The van der Waals surface area contributed by atoms with Crippen molar-refractivity contribution in [3.8, 4) is 28.7 Å². The molecule has 0 bridgehead atoms. The van der Waals surface area contributed by atoms with Crippen LogP contribution in [0.4, 0.5) is 0 Å². The van der Waals surface area contributed by atoms with Crippen LogP contribution in [0, 0.1) is 3.80 Å². The zero-order valence-corrected chi connectivity index (χ0v) is 29.6. The molecule has 0 atom stereocenters. The number of hydrogen-bond donors (Lipinski definition) is 0. The molecule has 8 aromatic rings. The van der Waals surface area contributed by atoms with Crippen LogP contribution in [0.5, 0.6) is 11.5 Å². The van der Waals surface area contributed by atoms with Crippen molar-refractivity contribution >= 4 is 32.8 Å². The first-order valence-electron chi connectivity index (χ1n) is 16.4. The van der Waals surface area contributed by atoms with Crippen molar-refractivity contribution in [2.24, 2.45) is 0 Å². The molecular formula is C42H36N4OPt. The number of ether oxygens (including phenoxy) is 1. The Balaban J connectivity index is 1.25. The Labute approximate surface area is 291 Å². The molecule has 8 rings (SSSR count). The topological polar surface area (TPSA) is 36.9 Å². The molecule has 3 aromatic heterocycles. The molecular weight excluding hydrogens is 772 g/mol. The van der Waals surface area contributed by atoms with Gasteiger partial charge in [0.05, 0.1) is 0 Å². The van der Waals surface area contributed by atoms with Crippen LogP contribution in [0.2, 0.25) is 0 Å². The molecule has 0 unspecified atom stereocenters. The first-order chi connectivity index (χ1) is 23.4. The number of hydrogen-bond acceptors (Lipinski definition) is 2. The molecule has 3 heterocycles. The van der Waals surface area contributed by atoms with Crippen LogP contribution in [0.3, 0.4) is 0 Å². The predicted molar refractivity (Wildman–Crippen MR) is 193 cm³/mol. The summed E-state index contributed by atoms with van der Waals surface area (Å²) in [7, 11) is 0. The second kappa shape index (κ2) is 12.2. The zero-order chi connectivity index (χ0) is 32.9. The van der Waals surface area contributed by atoms with Crippen molar-refractivity contribution < 1.29 is 24.1 Å². The van der Waals surface area contributed by atoms with Gasteiger partial charge < -0.3 is 0 Å². The molecule has 48 heavy (non-hydrogen) atoms. The third-order valence-corrected chi connectivity index (χ3v) is 10.1. The average molecular weight is 808 g/mol. The van der Waals surface area contributed by atoms with Gasteiger partial charge in [0.2, 0.25) is 0 Å². The number of rotatable bonds is 7. The number of imidazole rings is 1. The minimum absolute atomic E-state index is 0.384. The van der Waals surface area contributed by atoms with E-state index in [2.05, 4.69) is 169 Å². The first-order valence-corrected chi connectivity index (χ1v) is 17.6. The van der Waals surface area contributed by atoms with Crippen molar-refractivity contribution in [1.82, 2.24) is 18.7 Å². The van der Waals surface area contributed by atoms with Crippen molar-refractivity contribution in [3.63, 3.8) is 0 Å². The van der Waals surface area contributed by atoms with E-state index in [0.717, 1.165) is 48.7 Å². The van der Waals surface area contributed by atoms with Gasteiger partial charge in [-0.25, -0.2) is 0 Å². The number of aromatic nitrogens is 4. The Morgan fingerprint density at radius 1 is 0.542 bits per heavy atom. The third kappa shape index (κ3) is 5.05. The molecule has 0 fully saturated rings. The zero-order valence-electron chi connectivity index (χ0n) is 27.4. The third-order valence-electron chi connectivity index (χ3n) is 9.11. The Kier molecular flexibility index (Phi) is 7.73. The quantitative estimate of drug-likeness (QED) is 0.161. The number of nitrogens with zero attached hydrogens (tertiary/aromatic N) is 4. The monoisotopic (exact) mass is 807 g/mol. The molecule has 0 spiro atoms. The Bertz CT molecular complexity index is 2490. The standard InChI is InChI=1S/C42H36N4O.Pt/c1-28(2)33-16-12-17-34(29(3)4)42(33)45-27-44(38-19-7-8-20-39(38)45)30-13-11-14-31(25-30)47-32-22-23-36-35-15-5-6-18-37(35)46(40(36)26-32)41-21-9-10-24-43-41;/h5-26,28-29H,1-4H3;. The molecule has 0 amide bonds. The van der Waals surface area contributed by atoms with E-state index in [1.165, 1.54) is 27.7 Å². The van der Waals surface area contributed by atoms with Gasteiger partial charge in [0, 0.05) is 6.20 Å². The van der Waals surface area contributed by atoms with Crippen molar-refractivity contribution in [2.45, 2.75) is 39.5 Å². The van der Waals surface area contributed by atoms with Crippen LogP contribution in [0.25, 0.3) is 50.0 Å². The number of pyridine rings is 1. The van der Waals surface area contributed by atoms with Crippen LogP contribution in [0.1, 0.15) is 50.7 Å². The normalized spacial score (nSPS) is 11.8. The van der Waals surface area contributed by atoms with Crippen molar-refractivity contribution in [1.29, 1.82) is 0 Å². The van der Waals surface area contributed by atoms with Gasteiger partial charge in [-0.05, 0) is 6.07 Å². The Morgan fingerprint density at radius 2 is 1.17 bits per heavy atom. The fourth-order valence-corrected chi connectivity index (χ4v) is 8.00. The van der Waals surface area contributed by atoms with Gasteiger partial charge in [-0.15, -0.1) is 0 Å². The maximum absolute atomic E-state index is 6.62. The summed E-state index contributed by atoms with van der Waals surface area (Å²) in [5, 5.41) is 2.35. The molecule has 0 N–H and O–H groups in total. The van der Waals surface area contributed by atoms with E-state index in [4.69, 9.17) is 4.74 Å². The van der Waals surface area contributed by atoms with Crippen LogP contribution >= 0.6 is 0 Å². The van der Waals surface area contributed by atoms with Crippen molar-refractivity contribution in [2.75, 3.05) is 0 Å². The van der Waals surface area contributed by atoms with Crippen LogP contribution in [0.15, 0.2) is 134 Å².